The van der Waals surface area contributed by atoms with Crippen LogP contribution in [0.15, 0.2) is 24.3 Å². The lowest BCUT2D eigenvalue weighted by Gasteiger charge is -2.49. The molecule has 1 aliphatic rings. The molecule has 2 heteroatoms. The molecule has 0 saturated carbocycles. The molecule has 2 nitrogen and oxygen atoms in total. The quantitative estimate of drug-likeness (QED) is 0.886. The summed E-state index contributed by atoms with van der Waals surface area (Å²) in [5.41, 5.74) is 8.66. The van der Waals surface area contributed by atoms with Gasteiger partial charge in [0.2, 0.25) is 0 Å². The van der Waals surface area contributed by atoms with E-state index in [4.69, 9.17) is 5.73 Å². The Morgan fingerprint density at radius 2 is 1.94 bits per heavy atom. The molecule has 1 unspecified atom stereocenters. The summed E-state index contributed by atoms with van der Waals surface area (Å²) < 4.78 is 0. The van der Waals surface area contributed by atoms with Gasteiger partial charge in [-0.15, -0.1) is 0 Å². The van der Waals surface area contributed by atoms with E-state index in [0.29, 0.717) is 5.92 Å². The van der Waals surface area contributed by atoms with E-state index in [2.05, 4.69) is 49.9 Å². The number of aryl methyl sites for hydroxylation is 1. The number of hydrogen-bond acceptors (Lipinski definition) is 2. The minimum absolute atomic E-state index is 0.215. The van der Waals surface area contributed by atoms with E-state index in [1.54, 1.807) is 0 Å². The SMILES string of the molecule is Cc1ccc(N2CCCC(CCN)C2(C)C)cc1. The normalized spacial score (nSPS) is 23.1. The zero-order valence-electron chi connectivity index (χ0n) is 11.9. The van der Waals surface area contributed by atoms with Crippen LogP contribution in [0.25, 0.3) is 0 Å². The van der Waals surface area contributed by atoms with Crippen molar-refractivity contribution < 1.29 is 0 Å². The van der Waals surface area contributed by atoms with Gasteiger partial charge in [-0.1, -0.05) is 17.7 Å². The minimum Gasteiger partial charge on any atom is -0.366 e. The first-order valence-corrected chi connectivity index (χ1v) is 7.10. The van der Waals surface area contributed by atoms with Gasteiger partial charge in [-0.3, -0.25) is 0 Å². The van der Waals surface area contributed by atoms with Crippen LogP contribution < -0.4 is 10.6 Å². The Balaban J connectivity index is 2.23. The highest BCUT2D eigenvalue weighted by Gasteiger charge is 2.37. The summed E-state index contributed by atoms with van der Waals surface area (Å²) in [5.74, 6) is 0.706. The molecule has 2 N–H and O–H groups in total. The predicted octanol–water partition coefficient (Wildman–Crippen LogP) is 3.34. The summed E-state index contributed by atoms with van der Waals surface area (Å²) in [6.07, 6.45) is 3.73. The highest BCUT2D eigenvalue weighted by atomic mass is 15.2. The van der Waals surface area contributed by atoms with Crippen LogP contribution in [0.3, 0.4) is 0 Å². The molecule has 0 radical (unpaired) electrons. The molecule has 100 valence electrons. The lowest BCUT2D eigenvalue weighted by atomic mass is 9.77. The zero-order chi connectivity index (χ0) is 13.2. The number of piperidine rings is 1. The maximum Gasteiger partial charge on any atom is 0.0374 e. The van der Waals surface area contributed by atoms with Gasteiger partial charge < -0.3 is 10.6 Å². The van der Waals surface area contributed by atoms with Gasteiger partial charge in [-0.2, -0.15) is 0 Å². The molecule has 0 aliphatic carbocycles. The van der Waals surface area contributed by atoms with Crippen molar-refractivity contribution in [3.05, 3.63) is 29.8 Å². The predicted molar refractivity (Wildman–Crippen MR) is 79.0 cm³/mol. The van der Waals surface area contributed by atoms with Crippen molar-refractivity contribution in [3.8, 4) is 0 Å². The highest BCUT2D eigenvalue weighted by Crippen LogP contribution is 2.38. The van der Waals surface area contributed by atoms with Crippen molar-refractivity contribution in [2.24, 2.45) is 11.7 Å². The average Bonchev–Trinajstić information content (AvgIpc) is 2.33. The smallest absolute Gasteiger partial charge is 0.0374 e. The fourth-order valence-corrected chi connectivity index (χ4v) is 3.24. The first kappa shape index (κ1) is 13.4. The van der Waals surface area contributed by atoms with Crippen LogP contribution in [0.1, 0.15) is 38.7 Å². The average molecular weight is 246 g/mol. The molecule has 1 aromatic rings. The van der Waals surface area contributed by atoms with Crippen LogP contribution in [-0.2, 0) is 0 Å². The molecule has 18 heavy (non-hydrogen) atoms. The van der Waals surface area contributed by atoms with Crippen molar-refractivity contribution in [2.75, 3.05) is 18.0 Å². The van der Waals surface area contributed by atoms with Crippen molar-refractivity contribution in [1.29, 1.82) is 0 Å². The van der Waals surface area contributed by atoms with Gasteiger partial charge in [0.1, 0.15) is 0 Å². The molecular formula is C16H26N2. The van der Waals surface area contributed by atoms with Crippen molar-refractivity contribution in [2.45, 2.75) is 45.6 Å². The third-order valence-corrected chi connectivity index (χ3v) is 4.49. The van der Waals surface area contributed by atoms with Crippen LogP contribution in [-0.4, -0.2) is 18.6 Å². The van der Waals surface area contributed by atoms with Gasteiger partial charge in [0, 0.05) is 17.8 Å². The summed E-state index contributed by atoms with van der Waals surface area (Å²) in [5, 5.41) is 0. The fourth-order valence-electron chi connectivity index (χ4n) is 3.24. The third kappa shape index (κ3) is 2.54. The molecule has 0 aromatic heterocycles. The topological polar surface area (TPSA) is 29.3 Å². The molecule has 0 bridgehead atoms. The summed E-state index contributed by atoms with van der Waals surface area (Å²) in [6, 6.07) is 8.92. The van der Waals surface area contributed by atoms with E-state index < -0.39 is 0 Å². The molecule has 0 amide bonds. The first-order chi connectivity index (χ1) is 8.55. The summed E-state index contributed by atoms with van der Waals surface area (Å²) in [7, 11) is 0. The van der Waals surface area contributed by atoms with E-state index in [1.807, 2.05) is 0 Å². The second-order valence-corrected chi connectivity index (χ2v) is 6.06. The summed E-state index contributed by atoms with van der Waals surface area (Å²) >= 11 is 0. The van der Waals surface area contributed by atoms with Crippen LogP contribution in [0, 0.1) is 12.8 Å². The molecule has 2 rings (SSSR count). The second-order valence-electron chi connectivity index (χ2n) is 6.06. The zero-order valence-corrected chi connectivity index (χ0v) is 11.9. The van der Waals surface area contributed by atoms with Crippen molar-refractivity contribution >= 4 is 5.69 Å². The maximum absolute atomic E-state index is 5.77. The van der Waals surface area contributed by atoms with Gasteiger partial charge in [0.15, 0.2) is 0 Å². The van der Waals surface area contributed by atoms with E-state index in [-0.39, 0.29) is 5.54 Å². The van der Waals surface area contributed by atoms with E-state index in [0.717, 1.165) is 19.5 Å². The Kier molecular flexibility index (Phi) is 3.96. The van der Waals surface area contributed by atoms with Gasteiger partial charge in [0.25, 0.3) is 0 Å². The maximum atomic E-state index is 5.77. The summed E-state index contributed by atoms with van der Waals surface area (Å²) in [4.78, 5) is 2.57. The third-order valence-electron chi connectivity index (χ3n) is 4.49. The lowest BCUT2D eigenvalue weighted by molar-refractivity contribution is 0.227. The monoisotopic (exact) mass is 246 g/mol. The Hall–Kier alpha value is -1.02. The van der Waals surface area contributed by atoms with Gasteiger partial charge in [0.05, 0.1) is 0 Å². The molecule has 1 aromatic carbocycles. The molecule has 1 aliphatic heterocycles. The van der Waals surface area contributed by atoms with E-state index in [1.165, 1.54) is 24.1 Å². The van der Waals surface area contributed by atoms with E-state index in [9.17, 15) is 0 Å². The van der Waals surface area contributed by atoms with Crippen LogP contribution >= 0.6 is 0 Å². The molecule has 1 saturated heterocycles. The first-order valence-electron chi connectivity index (χ1n) is 7.10. The minimum atomic E-state index is 0.215. The number of nitrogens with zero attached hydrogens (tertiary/aromatic N) is 1. The second kappa shape index (κ2) is 5.31. The van der Waals surface area contributed by atoms with Crippen molar-refractivity contribution in [3.63, 3.8) is 0 Å². The largest absolute Gasteiger partial charge is 0.366 e. The molecule has 0 spiro atoms. The van der Waals surface area contributed by atoms with Crippen molar-refractivity contribution in [1.82, 2.24) is 0 Å². The summed E-state index contributed by atoms with van der Waals surface area (Å²) in [6.45, 7) is 8.84. The molecule has 1 heterocycles. The Bertz CT molecular complexity index is 379. The molecular weight excluding hydrogens is 220 g/mol. The Morgan fingerprint density at radius 1 is 1.28 bits per heavy atom. The number of hydrogen-bond donors (Lipinski definition) is 1. The number of benzene rings is 1. The fraction of sp³-hybridized carbons (Fsp3) is 0.625. The Morgan fingerprint density at radius 3 is 2.56 bits per heavy atom. The van der Waals surface area contributed by atoms with Crippen LogP contribution in [0.4, 0.5) is 5.69 Å². The standard InChI is InChI=1S/C16H26N2/c1-13-6-8-15(9-7-13)18-12-4-5-14(10-11-17)16(18,2)3/h6-9,14H,4-5,10-12,17H2,1-3H3. The van der Waals surface area contributed by atoms with Gasteiger partial charge in [-0.25, -0.2) is 0 Å². The molecule has 1 atom stereocenters. The highest BCUT2D eigenvalue weighted by molar-refractivity contribution is 5.50. The lowest BCUT2D eigenvalue weighted by Crippen LogP contribution is -2.54. The number of rotatable bonds is 3. The van der Waals surface area contributed by atoms with Crippen LogP contribution in [0.5, 0.6) is 0 Å². The van der Waals surface area contributed by atoms with Gasteiger partial charge >= 0.3 is 0 Å². The van der Waals surface area contributed by atoms with Crippen LogP contribution in [0.2, 0.25) is 0 Å². The van der Waals surface area contributed by atoms with Gasteiger partial charge in [-0.05, 0) is 64.6 Å². The van der Waals surface area contributed by atoms with E-state index >= 15 is 0 Å². The number of nitrogens with two attached hydrogens (primary N) is 1. The Labute approximate surface area is 111 Å². The molecule has 1 fully saturated rings. The number of anilines is 1.